The van der Waals surface area contributed by atoms with Crippen molar-refractivity contribution in [1.82, 2.24) is 0 Å². The van der Waals surface area contributed by atoms with Gasteiger partial charge in [-0.2, -0.15) is 0 Å². The molecule has 1 atom stereocenters. The number of hydrogen-bond acceptors (Lipinski definition) is 1. The van der Waals surface area contributed by atoms with E-state index in [2.05, 4.69) is 41.5 Å². The minimum absolute atomic E-state index is 0.236. The zero-order valence-corrected chi connectivity index (χ0v) is 10.9. The molecule has 0 amide bonds. The topological polar surface area (TPSA) is 20.2 Å². The number of hydrogen-bond donors (Lipinski definition) is 1. The van der Waals surface area contributed by atoms with Crippen LogP contribution in [0.5, 0.6) is 0 Å². The van der Waals surface area contributed by atoms with Crippen LogP contribution >= 0.6 is 0 Å². The van der Waals surface area contributed by atoms with Crippen LogP contribution in [0.3, 0.4) is 0 Å². The van der Waals surface area contributed by atoms with E-state index in [0.717, 1.165) is 25.7 Å². The lowest BCUT2D eigenvalue weighted by atomic mass is 9.71. The maximum Gasteiger partial charge on any atom is 0.0650 e. The van der Waals surface area contributed by atoms with Crippen molar-refractivity contribution in [2.75, 3.05) is 0 Å². The number of rotatable bonds is 6. The number of aliphatic hydroxyl groups is 1. The molecule has 1 heteroatoms. The highest BCUT2D eigenvalue weighted by molar-refractivity contribution is 4.85. The molecule has 1 N–H and O–H groups in total. The average Bonchev–Trinajstić information content (AvgIpc) is 2.03. The first-order chi connectivity index (χ1) is 6.27. The Morgan fingerprint density at radius 3 is 1.93 bits per heavy atom. The quantitative estimate of drug-likeness (QED) is 0.687. The summed E-state index contributed by atoms with van der Waals surface area (Å²) in [7, 11) is 0. The smallest absolute Gasteiger partial charge is 0.0650 e. The summed E-state index contributed by atoms with van der Waals surface area (Å²) in [5.41, 5.74) is -0.206. The standard InChI is InChI=1S/C13H28O/c1-7-9-13(14,8-2)10-12(5,6)11(3)4/h11,14H,7-10H2,1-6H3. The van der Waals surface area contributed by atoms with Crippen molar-refractivity contribution in [2.45, 2.75) is 72.8 Å². The van der Waals surface area contributed by atoms with Gasteiger partial charge in [0, 0.05) is 0 Å². The van der Waals surface area contributed by atoms with Crippen LogP contribution in [0.1, 0.15) is 67.2 Å². The second-order valence-electron chi connectivity index (χ2n) is 5.65. The molecule has 0 saturated heterocycles. The van der Waals surface area contributed by atoms with Crippen LogP contribution in [0.15, 0.2) is 0 Å². The van der Waals surface area contributed by atoms with Gasteiger partial charge in [0.15, 0.2) is 0 Å². The lowest BCUT2D eigenvalue weighted by Crippen LogP contribution is -2.36. The highest BCUT2D eigenvalue weighted by atomic mass is 16.3. The zero-order chi connectivity index (χ0) is 11.4. The largest absolute Gasteiger partial charge is 0.390 e. The summed E-state index contributed by atoms with van der Waals surface area (Å²) < 4.78 is 0. The minimum atomic E-state index is -0.442. The van der Waals surface area contributed by atoms with E-state index in [1.54, 1.807) is 0 Å². The van der Waals surface area contributed by atoms with Crippen molar-refractivity contribution < 1.29 is 5.11 Å². The highest BCUT2D eigenvalue weighted by Crippen LogP contribution is 2.38. The molecule has 86 valence electrons. The third kappa shape index (κ3) is 4.00. The Morgan fingerprint density at radius 2 is 1.64 bits per heavy atom. The Balaban J connectivity index is 4.44. The van der Waals surface area contributed by atoms with Crippen molar-refractivity contribution >= 4 is 0 Å². The van der Waals surface area contributed by atoms with Crippen LogP contribution in [0, 0.1) is 11.3 Å². The van der Waals surface area contributed by atoms with Gasteiger partial charge in [-0.25, -0.2) is 0 Å². The van der Waals surface area contributed by atoms with E-state index in [-0.39, 0.29) is 5.41 Å². The van der Waals surface area contributed by atoms with E-state index < -0.39 is 5.60 Å². The van der Waals surface area contributed by atoms with Gasteiger partial charge >= 0.3 is 0 Å². The molecule has 1 unspecified atom stereocenters. The summed E-state index contributed by atoms with van der Waals surface area (Å²) in [5.74, 6) is 0.623. The predicted octanol–water partition coefficient (Wildman–Crippen LogP) is 4.00. The molecule has 0 spiro atoms. The molecule has 0 fully saturated rings. The second kappa shape index (κ2) is 5.16. The fourth-order valence-electron chi connectivity index (χ4n) is 1.91. The van der Waals surface area contributed by atoms with Gasteiger partial charge in [-0.1, -0.05) is 48.0 Å². The maximum atomic E-state index is 10.4. The molecule has 0 radical (unpaired) electrons. The molecule has 0 aliphatic heterocycles. The van der Waals surface area contributed by atoms with Gasteiger partial charge < -0.3 is 5.11 Å². The van der Waals surface area contributed by atoms with Crippen LogP contribution < -0.4 is 0 Å². The Kier molecular flexibility index (Phi) is 5.14. The van der Waals surface area contributed by atoms with Crippen molar-refractivity contribution in [3.63, 3.8) is 0 Å². The zero-order valence-electron chi connectivity index (χ0n) is 10.9. The molecular weight excluding hydrogens is 172 g/mol. The maximum absolute atomic E-state index is 10.4. The van der Waals surface area contributed by atoms with Crippen molar-refractivity contribution in [3.05, 3.63) is 0 Å². The predicted molar refractivity (Wildman–Crippen MR) is 63.4 cm³/mol. The highest BCUT2D eigenvalue weighted by Gasteiger charge is 2.34. The summed E-state index contributed by atoms with van der Waals surface area (Å²) in [6, 6.07) is 0. The van der Waals surface area contributed by atoms with Crippen molar-refractivity contribution in [2.24, 2.45) is 11.3 Å². The molecule has 0 aromatic carbocycles. The summed E-state index contributed by atoms with van der Waals surface area (Å²) in [5, 5.41) is 10.4. The lowest BCUT2D eigenvalue weighted by molar-refractivity contribution is -0.0249. The van der Waals surface area contributed by atoms with Gasteiger partial charge in [0.1, 0.15) is 0 Å². The van der Waals surface area contributed by atoms with Crippen LogP contribution in [0.2, 0.25) is 0 Å². The Morgan fingerprint density at radius 1 is 1.14 bits per heavy atom. The normalized spacial score (nSPS) is 17.1. The van der Waals surface area contributed by atoms with E-state index in [0.29, 0.717) is 5.92 Å². The summed E-state index contributed by atoms with van der Waals surface area (Å²) in [6.45, 7) is 13.2. The van der Waals surface area contributed by atoms with E-state index in [1.807, 2.05) is 0 Å². The van der Waals surface area contributed by atoms with Crippen LogP contribution in [0.25, 0.3) is 0 Å². The Bertz CT molecular complexity index is 161. The van der Waals surface area contributed by atoms with E-state index in [1.165, 1.54) is 0 Å². The van der Waals surface area contributed by atoms with Gasteiger partial charge in [-0.05, 0) is 30.6 Å². The molecule has 0 saturated carbocycles. The second-order valence-corrected chi connectivity index (χ2v) is 5.65. The van der Waals surface area contributed by atoms with E-state index >= 15 is 0 Å². The van der Waals surface area contributed by atoms with Crippen molar-refractivity contribution in [1.29, 1.82) is 0 Å². The molecule has 0 aromatic rings. The SMILES string of the molecule is CCCC(O)(CC)CC(C)(C)C(C)C. The lowest BCUT2D eigenvalue weighted by Gasteiger charge is -2.38. The fourth-order valence-corrected chi connectivity index (χ4v) is 1.91. The first kappa shape index (κ1) is 14.0. The summed E-state index contributed by atoms with van der Waals surface area (Å²) in [6.07, 6.45) is 3.79. The Labute approximate surface area is 89.9 Å². The Hall–Kier alpha value is -0.0400. The molecule has 0 aromatic heterocycles. The third-order valence-electron chi connectivity index (χ3n) is 3.72. The van der Waals surface area contributed by atoms with Crippen molar-refractivity contribution in [3.8, 4) is 0 Å². The molecule has 0 bridgehead atoms. The van der Waals surface area contributed by atoms with Crippen LogP contribution in [0.4, 0.5) is 0 Å². The van der Waals surface area contributed by atoms with Gasteiger partial charge in [0.25, 0.3) is 0 Å². The molecule has 0 rings (SSSR count). The van der Waals surface area contributed by atoms with Crippen LogP contribution in [-0.4, -0.2) is 10.7 Å². The van der Waals surface area contributed by atoms with E-state index in [4.69, 9.17) is 0 Å². The first-order valence-electron chi connectivity index (χ1n) is 6.00. The summed E-state index contributed by atoms with van der Waals surface area (Å²) >= 11 is 0. The molecular formula is C13H28O. The fraction of sp³-hybridized carbons (Fsp3) is 1.00. The molecule has 0 aliphatic rings. The third-order valence-corrected chi connectivity index (χ3v) is 3.72. The molecule has 0 aliphatic carbocycles. The van der Waals surface area contributed by atoms with Gasteiger partial charge in [-0.15, -0.1) is 0 Å². The molecule has 14 heavy (non-hydrogen) atoms. The minimum Gasteiger partial charge on any atom is -0.390 e. The van der Waals surface area contributed by atoms with E-state index in [9.17, 15) is 5.11 Å². The van der Waals surface area contributed by atoms with Gasteiger partial charge in [0.2, 0.25) is 0 Å². The first-order valence-corrected chi connectivity index (χ1v) is 6.00. The monoisotopic (exact) mass is 200 g/mol. The average molecular weight is 200 g/mol. The molecule has 1 nitrogen and oxygen atoms in total. The summed E-state index contributed by atoms with van der Waals surface area (Å²) in [4.78, 5) is 0. The van der Waals surface area contributed by atoms with Crippen LogP contribution in [-0.2, 0) is 0 Å². The van der Waals surface area contributed by atoms with Gasteiger partial charge in [0.05, 0.1) is 5.60 Å². The van der Waals surface area contributed by atoms with Gasteiger partial charge in [-0.3, -0.25) is 0 Å². The molecule has 0 heterocycles.